The molecular weight excluding hydrogens is 349 g/mol. The molecule has 1 saturated carbocycles. The molecule has 2 fully saturated rings. The molecule has 27 heavy (non-hydrogen) atoms. The third-order valence-corrected chi connectivity index (χ3v) is 5.49. The highest BCUT2D eigenvalue weighted by molar-refractivity contribution is 5.89. The van der Waals surface area contributed by atoms with E-state index in [1.165, 1.54) is 50.7 Å². The van der Waals surface area contributed by atoms with Gasteiger partial charge in [0.15, 0.2) is 18.2 Å². The minimum atomic E-state index is -0.614. The van der Waals surface area contributed by atoms with E-state index in [9.17, 15) is 14.0 Å². The van der Waals surface area contributed by atoms with Crippen molar-refractivity contribution in [3.8, 4) is 5.75 Å². The van der Waals surface area contributed by atoms with Crippen LogP contribution in [-0.2, 0) is 14.3 Å². The number of methoxy groups -OCH3 is 1. The number of esters is 1. The van der Waals surface area contributed by atoms with Crippen molar-refractivity contribution in [3.63, 3.8) is 0 Å². The van der Waals surface area contributed by atoms with Gasteiger partial charge in [-0.2, -0.15) is 0 Å². The molecule has 0 radical (unpaired) electrons. The second-order valence-electron chi connectivity index (χ2n) is 7.18. The number of fused-ring (bicyclic) bond motifs is 1. The highest BCUT2D eigenvalue weighted by atomic mass is 19.1. The summed E-state index contributed by atoms with van der Waals surface area (Å²) in [6.45, 7) is 0.502. The molecule has 146 valence electrons. The second kappa shape index (κ2) is 9.02. The number of halogens is 1. The van der Waals surface area contributed by atoms with E-state index in [4.69, 9.17) is 9.47 Å². The number of piperidine rings is 1. The van der Waals surface area contributed by atoms with Gasteiger partial charge < -0.3 is 14.4 Å². The highest BCUT2D eigenvalue weighted by Crippen LogP contribution is 2.35. The fourth-order valence-electron chi connectivity index (χ4n) is 4.15. The van der Waals surface area contributed by atoms with E-state index in [0.29, 0.717) is 17.5 Å². The quantitative estimate of drug-likeness (QED) is 0.583. The van der Waals surface area contributed by atoms with Crippen LogP contribution in [0.3, 0.4) is 0 Å². The highest BCUT2D eigenvalue weighted by Gasteiger charge is 2.35. The van der Waals surface area contributed by atoms with Crippen LogP contribution in [0.1, 0.15) is 44.1 Å². The van der Waals surface area contributed by atoms with Crippen LogP contribution >= 0.6 is 0 Å². The summed E-state index contributed by atoms with van der Waals surface area (Å²) in [5.74, 6) is -0.504. The number of carbonyl (C=O) groups excluding carboxylic acids is 2. The Hall–Kier alpha value is -2.37. The van der Waals surface area contributed by atoms with Crippen molar-refractivity contribution in [3.05, 3.63) is 35.7 Å². The first kappa shape index (κ1) is 19.4. The Labute approximate surface area is 159 Å². The summed E-state index contributed by atoms with van der Waals surface area (Å²) < 4.78 is 23.6. The molecule has 3 rings (SSSR count). The topological polar surface area (TPSA) is 55.8 Å². The summed E-state index contributed by atoms with van der Waals surface area (Å²) in [6, 6.07) is 4.69. The van der Waals surface area contributed by atoms with Crippen molar-refractivity contribution >= 4 is 18.0 Å². The molecule has 1 aromatic carbocycles. The molecule has 1 aromatic rings. The van der Waals surface area contributed by atoms with Crippen LogP contribution in [0.4, 0.5) is 4.39 Å². The van der Waals surface area contributed by atoms with Crippen molar-refractivity contribution < 1.29 is 23.5 Å². The molecule has 2 aliphatic rings. The molecule has 0 spiro atoms. The van der Waals surface area contributed by atoms with Crippen molar-refractivity contribution in [2.24, 2.45) is 5.92 Å². The third kappa shape index (κ3) is 4.87. The van der Waals surface area contributed by atoms with Gasteiger partial charge in [0.05, 0.1) is 7.11 Å². The summed E-state index contributed by atoms with van der Waals surface area (Å²) in [5, 5.41) is 0. The van der Waals surface area contributed by atoms with Gasteiger partial charge in [-0.15, -0.1) is 0 Å². The standard InChI is InChI=1S/C21H26FNO4/c1-26-19-10-8-15(13-17(19)22)9-11-21(25)27-14-20(24)23-12-4-6-16-5-2-3-7-18(16)23/h8-11,13,16,18H,2-7,12,14H2,1H3/b11-9+/t16-,18-/m0/s1. The Morgan fingerprint density at radius 1 is 1.22 bits per heavy atom. The van der Waals surface area contributed by atoms with E-state index in [0.717, 1.165) is 25.8 Å². The average Bonchev–Trinajstić information content (AvgIpc) is 2.70. The first-order valence-corrected chi connectivity index (χ1v) is 9.56. The van der Waals surface area contributed by atoms with Crippen molar-refractivity contribution in [1.82, 2.24) is 4.90 Å². The maximum absolute atomic E-state index is 13.6. The molecule has 0 aromatic heterocycles. The number of hydrogen-bond acceptors (Lipinski definition) is 4. The molecule has 1 aliphatic heterocycles. The number of rotatable bonds is 5. The number of likely N-dealkylation sites (tertiary alicyclic amines) is 1. The number of benzene rings is 1. The summed E-state index contributed by atoms with van der Waals surface area (Å²) in [7, 11) is 1.39. The molecule has 0 unspecified atom stereocenters. The van der Waals surface area contributed by atoms with E-state index in [-0.39, 0.29) is 18.3 Å². The zero-order chi connectivity index (χ0) is 19.2. The van der Waals surface area contributed by atoms with Crippen LogP contribution in [0, 0.1) is 11.7 Å². The smallest absolute Gasteiger partial charge is 0.331 e. The van der Waals surface area contributed by atoms with Gasteiger partial charge >= 0.3 is 5.97 Å². The van der Waals surface area contributed by atoms with E-state index in [2.05, 4.69) is 0 Å². The third-order valence-electron chi connectivity index (χ3n) is 5.49. The van der Waals surface area contributed by atoms with Crippen LogP contribution in [0.5, 0.6) is 5.75 Å². The summed E-state index contributed by atoms with van der Waals surface area (Å²) in [4.78, 5) is 26.3. The van der Waals surface area contributed by atoms with Crippen LogP contribution in [0.25, 0.3) is 6.08 Å². The lowest BCUT2D eigenvalue weighted by molar-refractivity contribution is -0.151. The summed E-state index contributed by atoms with van der Waals surface area (Å²) in [5.41, 5.74) is 0.512. The average molecular weight is 375 g/mol. The number of hydrogen-bond donors (Lipinski definition) is 0. The van der Waals surface area contributed by atoms with Gasteiger partial charge in [0.25, 0.3) is 5.91 Å². The number of carbonyl (C=O) groups is 2. The van der Waals surface area contributed by atoms with Crippen LogP contribution in [0.15, 0.2) is 24.3 Å². The first-order valence-electron chi connectivity index (χ1n) is 9.56. The SMILES string of the molecule is COc1ccc(/C=C/C(=O)OCC(=O)N2CCC[C@@H]3CCCC[C@@H]32)cc1F. The zero-order valence-electron chi connectivity index (χ0n) is 15.7. The van der Waals surface area contributed by atoms with Gasteiger partial charge in [-0.3, -0.25) is 4.79 Å². The summed E-state index contributed by atoms with van der Waals surface area (Å²) in [6.07, 6.45) is 9.50. The summed E-state index contributed by atoms with van der Waals surface area (Å²) >= 11 is 0. The van der Waals surface area contributed by atoms with E-state index < -0.39 is 11.8 Å². The van der Waals surface area contributed by atoms with Gasteiger partial charge in [0, 0.05) is 18.7 Å². The van der Waals surface area contributed by atoms with Gasteiger partial charge in [0.2, 0.25) is 0 Å². The van der Waals surface area contributed by atoms with Crippen LogP contribution < -0.4 is 4.74 Å². The lowest BCUT2D eigenvalue weighted by Gasteiger charge is -2.44. The van der Waals surface area contributed by atoms with Crippen molar-refractivity contribution in [2.75, 3.05) is 20.3 Å². The molecule has 0 N–H and O–H groups in total. The van der Waals surface area contributed by atoms with Crippen LogP contribution in [-0.4, -0.2) is 43.1 Å². The van der Waals surface area contributed by atoms with Crippen molar-refractivity contribution in [1.29, 1.82) is 0 Å². The Morgan fingerprint density at radius 2 is 2.00 bits per heavy atom. The van der Waals surface area contributed by atoms with E-state index >= 15 is 0 Å². The molecule has 0 bridgehead atoms. The molecule has 1 amide bonds. The molecule has 1 heterocycles. The fourth-order valence-corrected chi connectivity index (χ4v) is 4.15. The maximum atomic E-state index is 13.6. The largest absolute Gasteiger partial charge is 0.494 e. The lowest BCUT2D eigenvalue weighted by atomic mass is 9.78. The van der Waals surface area contributed by atoms with Gasteiger partial charge in [-0.25, -0.2) is 9.18 Å². The molecular formula is C21H26FNO4. The van der Waals surface area contributed by atoms with Crippen LogP contribution in [0.2, 0.25) is 0 Å². The Kier molecular flexibility index (Phi) is 6.48. The molecule has 1 aliphatic carbocycles. The predicted molar refractivity (Wildman–Crippen MR) is 99.6 cm³/mol. The molecule has 1 saturated heterocycles. The first-order chi connectivity index (χ1) is 13.1. The molecule has 2 atom stereocenters. The predicted octanol–water partition coefficient (Wildman–Crippen LogP) is 3.57. The normalized spacial score (nSPS) is 22.4. The minimum Gasteiger partial charge on any atom is -0.494 e. The van der Waals surface area contributed by atoms with E-state index in [1.54, 1.807) is 6.07 Å². The number of ether oxygens (including phenoxy) is 2. The zero-order valence-corrected chi connectivity index (χ0v) is 15.7. The van der Waals surface area contributed by atoms with Gasteiger partial charge in [-0.1, -0.05) is 18.9 Å². The minimum absolute atomic E-state index is 0.121. The maximum Gasteiger partial charge on any atom is 0.331 e. The second-order valence-corrected chi connectivity index (χ2v) is 7.18. The van der Waals surface area contributed by atoms with Gasteiger partial charge in [-0.05, 0) is 55.4 Å². The Morgan fingerprint density at radius 3 is 2.78 bits per heavy atom. The Bertz CT molecular complexity index is 716. The number of amides is 1. The lowest BCUT2D eigenvalue weighted by Crippen LogP contribution is -2.50. The monoisotopic (exact) mass is 375 g/mol. The van der Waals surface area contributed by atoms with Gasteiger partial charge in [0.1, 0.15) is 0 Å². The van der Waals surface area contributed by atoms with E-state index in [1.807, 2.05) is 4.90 Å². The Balaban J connectivity index is 1.51. The van der Waals surface area contributed by atoms with Crippen molar-refractivity contribution in [2.45, 2.75) is 44.6 Å². The fraction of sp³-hybridized carbons (Fsp3) is 0.524. The number of nitrogens with zero attached hydrogens (tertiary/aromatic N) is 1. The molecule has 6 heteroatoms. The molecule has 5 nitrogen and oxygen atoms in total.